The van der Waals surface area contributed by atoms with E-state index in [9.17, 15) is 14.0 Å². The molecule has 0 spiro atoms. The van der Waals surface area contributed by atoms with Gasteiger partial charge in [-0.3, -0.25) is 9.59 Å². The third-order valence-electron chi connectivity index (χ3n) is 2.49. The molecule has 0 fully saturated rings. The summed E-state index contributed by atoms with van der Waals surface area (Å²) >= 11 is 0. The fourth-order valence-electron chi connectivity index (χ4n) is 1.57. The van der Waals surface area contributed by atoms with Crippen LogP contribution < -0.4 is 10.9 Å². The fraction of sp³-hybridized carbons (Fsp3) is 0.154. The van der Waals surface area contributed by atoms with Gasteiger partial charge in [-0.1, -0.05) is 12.1 Å². The normalized spacial score (nSPS) is 10.2. The van der Waals surface area contributed by atoms with Crippen molar-refractivity contribution in [1.29, 1.82) is 0 Å². The fourth-order valence-corrected chi connectivity index (χ4v) is 1.57. The second kappa shape index (κ2) is 5.90. The van der Waals surface area contributed by atoms with Crippen molar-refractivity contribution in [2.24, 2.45) is 0 Å². The topological polar surface area (TPSA) is 74.8 Å². The summed E-state index contributed by atoms with van der Waals surface area (Å²) in [5, 5.41) is 2.64. The first-order valence-corrected chi connectivity index (χ1v) is 5.72. The number of carbonyl (C=O) groups excluding carboxylic acids is 1. The standard InChI is InChI=1S/C13H12FN3O2/c14-10-3-1-2-9(6-10)4-5-15-13(19)11-7-17-12(18)8-16-11/h1-3,6-8H,4-5H2,(H,15,19)(H,17,18). The molecule has 2 rings (SSSR count). The van der Waals surface area contributed by atoms with Gasteiger partial charge in [-0.15, -0.1) is 0 Å². The number of rotatable bonds is 4. The lowest BCUT2D eigenvalue weighted by Gasteiger charge is -2.04. The Morgan fingerprint density at radius 2 is 2.26 bits per heavy atom. The first kappa shape index (κ1) is 12.9. The molecule has 98 valence electrons. The second-order valence-corrected chi connectivity index (χ2v) is 3.93. The maximum atomic E-state index is 12.9. The van der Waals surface area contributed by atoms with Crippen LogP contribution in [0.15, 0.2) is 41.5 Å². The van der Waals surface area contributed by atoms with Crippen molar-refractivity contribution in [3.05, 3.63) is 64.1 Å². The van der Waals surface area contributed by atoms with Gasteiger partial charge < -0.3 is 10.3 Å². The van der Waals surface area contributed by atoms with Crippen LogP contribution in [0.25, 0.3) is 0 Å². The number of aromatic amines is 1. The molecule has 0 radical (unpaired) electrons. The molecule has 2 N–H and O–H groups in total. The first-order valence-electron chi connectivity index (χ1n) is 5.72. The van der Waals surface area contributed by atoms with Crippen molar-refractivity contribution >= 4 is 5.91 Å². The van der Waals surface area contributed by atoms with Gasteiger partial charge in [0.2, 0.25) is 0 Å². The van der Waals surface area contributed by atoms with Crippen LogP contribution >= 0.6 is 0 Å². The highest BCUT2D eigenvalue weighted by Crippen LogP contribution is 2.03. The van der Waals surface area contributed by atoms with Crippen molar-refractivity contribution in [3.63, 3.8) is 0 Å². The predicted molar refractivity (Wildman–Crippen MR) is 67.3 cm³/mol. The smallest absolute Gasteiger partial charge is 0.271 e. The van der Waals surface area contributed by atoms with Crippen LogP contribution in [0, 0.1) is 5.82 Å². The Labute approximate surface area is 108 Å². The molecule has 0 saturated carbocycles. The molecular weight excluding hydrogens is 249 g/mol. The van der Waals surface area contributed by atoms with Crippen LogP contribution in [0.5, 0.6) is 0 Å². The average Bonchev–Trinajstić information content (AvgIpc) is 2.39. The molecule has 1 amide bonds. The molecular formula is C13H12FN3O2. The van der Waals surface area contributed by atoms with E-state index < -0.39 is 0 Å². The van der Waals surface area contributed by atoms with Crippen LogP contribution in [0.1, 0.15) is 16.1 Å². The Bertz CT molecular complexity index is 619. The molecule has 0 saturated heterocycles. The van der Waals surface area contributed by atoms with Gasteiger partial charge >= 0.3 is 0 Å². The summed E-state index contributed by atoms with van der Waals surface area (Å²) in [7, 11) is 0. The van der Waals surface area contributed by atoms with E-state index in [-0.39, 0.29) is 23.0 Å². The lowest BCUT2D eigenvalue weighted by Crippen LogP contribution is -2.27. The number of hydrogen-bond donors (Lipinski definition) is 2. The van der Waals surface area contributed by atoms with Crippen molar-refractivity contribution in [2.45, 2.75) is 6.42 Å². The van der Waals surface area contributed by atoms with Gasteiger partial charge in [0.25, 0.3) is 11.5 Å². The van der Waals surface area contributed by atoms with E-state index in [1.54, 1.807) is 12.1 Å². The minimum Gasteiger partial charge on any atom is -0.350 e. The van der Waals surface area contributed by atoms with Crippen LogP contribution in [0.3, 0.4) is 0 Å². The summed E-state index contributed by atoms with van der Waals surface area (Å²) in [6.45, 7) is 0.364. The number of carbonyl (C=O) groups is 1. The molecule has 6 heteroatoms. The van der Waals surface area contributed by atoms with Crippen molar-refractivity contribution in [2.75, 3.05) is 6.54 Å². The van der Waals surface area contributed by atoms with Crippen LogP contribution in [0.4, 0.5) is 4.39 Å². The summed E-state index contributed by atoms with van der Waals surface area (Å²) in [5.41, 5.74) is 0.574. The van der Waals surface area contributed by atoms with E-state index in [1.165, 1.54) is 18.3 Å². The molecule has 1 aromatic carbocycles. The zero-order valence-corrected chi connectivity index (χ0v) is 10.0. The molecule has 0 aliphatic carbocycles. The number of nitrogens with zero attached hydrogens (tertiary/aromatic N) is 1. The van der Waals surface area contributed by atoms with E-state index in [0.29, 0.717) is 13.0 Å². The maximum absolute atomic E-state index is 12.9. The molecule has 5 nitrogen and oxygen atoms in total. The van der Waals surface area contributed by atoms with Crippen LogP contribution in [0.2, 0.25) is 0 Å². The second-order valence-electron chi connectivity index (χ2n) is 3.93. The van der Waals surface area contributed by atoms with E-state index in [2.05, 4.69) is 15.3 Å². The molecule has 19 heavy (non-hydrogen) atoms. The predicted octanol–water partition coefficient (Wildman–Crippen LogP) is 0.881. The SMILES string of the molecule is O=C(NCCc1cccc(F)c1)c1c[nH]c(=O)cn1. The molecule has 1 aromatic heterocycles. The Hall–Kier alpha value is -2.50. The van der Waals surface area contributed by atoms with Gasteiger partial charge in [-0.2, -0.15) is 0 Å². The molecule has 0 aliphatic rings. The zero-order valence-electron chi connectivity index (χ0n) is 10.0. The summed E-state index contributed by atoms with van der Waals surface area (Å²) in [6, 6.07) is 6.19. The number of H-pyrrole nitrogens is 1. The Morgan fingerprint density at radius 3 is 2.95 bits per heavy atom. The number of halogens is 1. The minimum atomic E-state index is -0.382. The van der Waals surface area contributed by atoms with Crippen molar-refractivity contribution in [1.82, 2.24) is 15.3 Å². The van der Waals surface area contributed by atoms with Crippen LogP contribution in [-0.4, -0.2) is 22.4 Å². The Kier molecular flexibility index (Phi) is 4.02. The Morgan fingerprint density at radius 1 is 1.42 bits per heavy atom. The van der Waals surface area contributed by atoms with Gasteiger partial charge in [-0.25, -0.2) is 9.37 Å². The number of amides is 1. The summed E-state index contributed by atoms with van der Waals surface area (Å²) in [4.78, 5) is 28.5. The zero-order chi connectivity index (χ0) is 13.7. The van der Waals surface area contributed by atoms with E-state index in [0.717, 1.165) is 11.8 Å². The van der Waals surface area contributed by atoms with E-state index in [1.807, 2.05) is 0 Å². The summed E-state index contributed by atoms with van der Waals surface area (Å²) in [5.74, 6) is -0.682. The Balaban J connectivity index is 1.87. The molecule has 2 aromatic rings. The third-order valence-corrected chi connectivity index (χ3v) is 2.49. The molecule has 0 bridgehead atoms. The molecule has 1 heterocycles. The molecule has 0 unspecified atom stereocenters. The number of nitrogens with one attached hydrogen (secondary N) is 2. The van der Waals surface area contributed by atoms with E-state index >= 15 is 0 Å². The number of benzene rings is 1. The summed E-state index contributed by atoms with van der Waals surface area (Å²) < 4.78 is 12.9. The number of hydrogen-bond acceptors (Lipinski definition) is 3. The first-order chi connectivity index (χ1) is 9.15. The monoisotopic (exact) mass is 261 g/mol. The van der Waals surface area contributed by atoms with E-state index in [4.69, 9.17) is 0 Å². The average molecular weight is 261 g/mol. The quantitative estimate of drug-likeness (QED) is 0.858. The van der Waals surface area contributed by atoms with Gasteiger partial charge in [-0.05, 0) is 24.1 Å². The lowest BCUT2D eigenvalue weighted by molar-refractivity contribution is 0.0948. The van der Waals surface area contributed by atoms with Gasteiger partial charge in [0.05, 0.1) is 6.20 Å². The molecule has 0 atom stereocenters. The minimum absolute atomic E-state index is 0.138. The highest BCUT2D eigenvalue weighted by Gasteiger charge is 2.06. The van der Waals surface area contributed by atoms with Gasteiger partial charge in [0, 0.05) is 12.7 Å². The largest absolute Gasteiger partial charge is 0.350 e. The van der Waals surface area contributed by atoms with Crippen LogP contribution in [-0.2, 0) is 6.42 Å². The van der Waals surface area contributed by atoms with Gasteiger partial charge in [0.1, 0.15) is 11.5 Å². The van der Waals surface area contributed by atoms with Gasteiger partial charge in [0.15, 0.2) is 0 Å². The highest BCUT2D eigenvalue weighted by molar-refractivity contribution is 5.91. The third kappa shape index (κ3) is 3.74. The maximum Gasteiger partial charge on any atom is 0.271 e. The van der Waals surface area contributed by atoms with Crippen molar-refractivity contribution in [3.8, 4) is 0 Å². The lowest BCUT2D eigenvalue weighted by atomic mass is 10.1. The summed E-state index contributed by atoms with van der Waals surface area (Å²) in [6.07, 6.45) is 2.81. The van der Waals surface area contributed by atoms with Crippen molar-refractivity contribution < 1.29 is 9.18 Å². The highest BCUT2D eigenvalue weighted by atomic mass is 19.1. The molecule has 0 aliphatic heterocycles. The number of aromatic nitrogens is 2.